The van der Waals surface area contributed by atoms with Crippen molar-refractivity contribution in [3.05, 3.63) is 40.3 Å². The van der Waals surface area contributed by atoms with E-state index in [1.807, 2.05) is 24.3 Å². The van der Waals surface area contributed by atoms with Crippen LogP contribution in [0.5, 0.6) is 11.5 Å². The largest absolute Gasteiger partial charge is 0.491 e. The zero-order valence-electron chi connectivity index (χ0n) is 12.6. The van der Waals surface area contributed by atoms with Gasteiger partial charge in [-0.05, 0) is 24.3 Å². The van der Waals surface area contributed by atoms with E-state index in [2.05, 4.69) is 31.1 Å². The van der Waals surface area contributed by atoms with Crippen LogP contribution in [0.4, 0.5) is 0 Å². The number of ether oxygens (including phenoxy) is 2. The Balaban J connectivity index is 1.89. The average molecular weight is 307 g/mol. The third-order valence-electron chi connectivity index (χ3n) is 2.87. The lowest BCUT2D eigenvalue weighted by Crippen LogP contribution is -2.11. The number of thiazole rings is 1. The van der Waals surface area contributed by atoms with Gasteiger partial charge < -0.3 is 14.6 Å². The number of hydrogen-bond acceptors (Lipinski definition) is 5. The molecule has 0 amide bonds. The van der Waals surface area contributed by atoms with Gasteiger partial charge in [0.25, 0.3) is 0 Å². The molecule has 1 heterocycles. The van der Waals surface area contributed by atoms with Crippen LogP contribution in [0.2, 0.25) is 0 Å². The van der Waals surface area contributed by atoms with Gasteiger partial charge in [0.2, 0.25) is 0 Å². The van der Waals surface area contributed by atoms with Crippen molar-refractivity contribution in [2.24, 2.45) is 0 Å². The quantitative estimate of drug-likeness (QED) is 0.889. The van der Waals surface area contributed by atoms with Crippen molar-refractivity contribution < 1.29 is 14.6 Å². The molecule has 0 saturated carbocycles. The minimum atomic E-state index is 0.0123. The lowest BCUT2D eigenvalue weighted by molar-refractivity contribution is 0.201. The topological polar surface area (TPSA) is 51.6 Å². The zero-order valence-corrected chi connectivity index (χ0v) is 13.4. The molecule has 0 aliphatic heterocycles. The highest BCUT2D eigenvalue weighted by atomic mass is 32.1. The van der Waals surface area contributed by atoms with Gasteiger partial charge in [0.1, 0.15) is 29.7 Å². The standard InChI is InChI=1S/C16H21NO3S/c1-16(2,3)14-11-21-15(17-14)10-20-13-6-4-12(5-7-13)19-9-8-18/h4-7,11,18H,8-10H2,1-3H3. The van der Waals surface area contributed by atoms with Gasteiger partial charge in [-0.2, -0.15) is 0 Å². The molecule has 1 N–H and O–H groups in total. The zero-order chi connectivity index (χ0) is 15.3. The van der Waals surface area contributed by atoms with Crippen LogP contribution in [-0.2, 0) is 12.0 Å². The second-order valence-corrected chi connectivity index (χ2v) is 6.65. The SMILES string of the molecule is CC(C)(C)c1csc(COc2ccc(OCCO)cc2)n1. The van der Waals surface area contributed by atoms with Crippen molar-refractivity contribution in [2.45, 2.75) is 32.8 Å². The maximum Gasteiger partial charge on any atom is 0.140 e. The van der Waals surface area contributed by atoms with Gasteiger partial charge in [0.15, 0.2) is 0 Å². The fourth-order valence-corrected chi connectivity index (χ4v) is 2.59. The van der Waals surface area contributed by atoms with Crippen molar-refractivity contribution in [2.75, 3.05) is 13.2 Å². The number of aliphatic hydroxyl groups is 1. The third-order valence-corrected chi connectivity index (χ3v) is 3.69. The molecule has 0 spiro atoms. The number of hydrogen-bond donors (Lipinski definition) is 1. The second kappa shape index (κ2) is 6.91. The molecule has 0 atom stereocenters. The van der Waals surface area contributed by atoms with Crippen molar-refractivity contribution >= 4 is 11.3 Å². The Hall–Kier alpha value is -1.59. The number of aromatic nitrogens is 1. The monoisotopic (exact) mass is 307 g/mol. The van der Waals surface area contributed by atoms with Gasteiger partial charge >= 0.3 is 0 Å². The molecule has 0 fully saturated rings. The molecular formula is C16H21NO3S. The highest BCUT2D eigenvalue weighted by molar-refractivity contribution is 7.09. The minimum Gasteiger partial charge on any atom is -0.491 e. The van der Waals surface area contributed by atoms with Crippen LogP contribution in [-0.4, -0.2) is 23.3 Å². The Morgan fingerprint density at radius 3 is 2.24 bits per heavy atom. The first-order valence-electron chi connectivity index (χ1n) is 6.90. The van der Waals surface area contributed by atoms with Gasteiger partial charge in [-0.1, -0.05) is 20.8 Å². The van der Waals surface area contributed by atoms with Crippen molar-refractivity contribution in [3.63, 3.8) is 0 Å². The first kappa shape index (κ1) is 15.8. The Kier molecular flexibility index (Phi) is 5.20. The molecular weight excluding hydrogens is 286 g/mol. The molecule has 2 rings (SSSR count). The Bertz CT molecular complexity index is 558. The summed E-state index contributed by atoms with van der Waals surface area (Å²) in [4.78, 5) is 4.60. The van der Waals surface area contributed by atoms with Crippen LogP contribution < -0.4 is 9.47 Å². The van der Waals surface area contributed by atoms with Crippen LogP contribution in [0.25, 0.3) is 0 Å². The number of nitrogens with zero attached hydrogens (tertiary/aromatic N) is 1. The Morgan fingerprint density at radius 1 is 1.10 bits per heavy atom. The predicted octanol–water partition coefficient (Wildman–Crippen LogP) is 3.39. The van der Waals surface area contributed by atoms with Crippen LogP contribution in [0.15, 0.2) is 29.6 Å². The summed E-state index contributed by atoms with van der Waals surface area (Å²) in [6.07, 6.45) is 0. The Morgan fingerprint density at radius 2 is 1.71 bits per heavy atom. The molecule has 114 valence electrons. The van der Waals surface area contributed by atoms with Crippen LogP contribution >= 0.6 is 11.3 Å². The summed E-state index contributed by atoms with van der Waals surface area (Å²) < 4.78 is 11.0. The molecule has 0 unspecified atom stereocenters. The molecule has 0 radical (unpaired) electrons. The fraction of sp³-hybridized carbons (Fsp3) is 0.438. The van der Waals surface area contributed by atoms with Crippen LogP contribution in [0.1, 0.15) is 31.5 Å². The third kappa shape index (κ3) is 4.72. The van der Waals surface area contributed by atoms with Gasteiger partial charge in [-0.25, -0.2) is 4.98 Å². The smallest absolute Gasteiger partial charge is 0.140 e. The molecule has 0 aliphatic carbocycles. The normalized spacial score (nSPS) is 11.4. The van der Waals surface area contributed by atoms with Gasteiger partial charge in [0, 0.05) is 10.8 Å². The van der Waals surface area contributed by atoms with Crippen molar-refractivity contribution in [1.82, 2.24) is 4.98 Å². The summed E-state index contributed by atoms with van der Waals surface area (Å²) in [7, 11) is 0. The van der Waals surface area contributed by atoms with E-state index in [9.17, 15) is 0 Å². The summed E-state index contributed by atoms with van der Waals surface area (Å²) in [5.74, 6) is 1.50. The maximum absolute atomic E-state index is 8.70. The fourth-order valence-electron chi connectivity index (χ4n) is 1.66. The molecule has 1 aromatic heterocycles. The summed E-state index contributed by atoms with van der Waals surface area (Å²) in [5, 5.41) is 11.8. The van der Waals surface area contributed by atoms with E-state index in [4.69, 9.17) is 14.6 Å². The molecule has 21 heavy (non-hydrogen) atoms. The lowest BCUT2D eigenvalue weighted by Gasteiger charge is -2.14. The number of benzene rings is 1. The van der Waals surface area contributed by atoms with E-state index >= 15 is 0 Å². The molecule has 5 heteroatoms. The summed E-state index contributed by atoms with van der Waals surface area (Å²) >= 11 is 1.62. The van der Waals surface area contributed by atoms with Gasteiger partial charge in [-0.15, -0.1) is 11.3 Å². The van der Waals surface area contributed by atoms with Crippen molar-refractivity contribution in [1.29, 1.82) is 0 Å². The predicted molar refractivity (Wildman–Crippen MR) is 84.2 cm³/mol. The summed E-state index contributed by atoms with van der Waals surface area (Å²) in [6, 6.07) is 7.36. The van der Waals surface area contributed by atoms with Gasteiger partial charge in [0.05, 0.1) is 12.3 Å². The molecule has 2 aromatic rings. The molecule has 1 aromatic carbocycles. The Labute approximate surface area is 129 Å². The summed E-state index contributed by atoms with van der Waals surface area (Å²) in [6.45, 7) is 7.23. The van der Waals surface area contributed by atoms with E-state index in [0.29, 0.717) is 13.2 Å². The van der Waals surface area contributed by atoms with E-state index in [1.165, 1.54) is 0 Å². The van der Waals surface area contributed by atoms with E-state index in [-0.39, 0.29) is 12.0 Å². The van der Waals surface area contributed by atoms with E-state index < -0.39 is 0 Å². The number of aliphatic hydroxyl groups excluding tert-OH is 1. The maximum atomic E-state index is 8.70. The van der Waals surface area contributed by atoms with E-state index in [1.54, 1.807) is 11.3 Å². The molecule has 0 aliphatic rings. The van der Waals surface area contributed by atoms with Crippen LogP contribution in [0, 0.1) is 0 Å². The highest BCUT2D eigenvalue weighted by Gasteiger charge is 2.17. The summed E-state index contributed by atoms with van der Waals surface area (Å²) in [5.41, 5.74) is 1.17. The first-order chi connectivity index (χ1) is 9.99. The van der Waals surface area contributed by atoms with Crippen molar-refractivity contribution in [3.8, 4) is 11.5 Å². The average Bonchev–Trinajstić information content (AvgIpc) is 2.93. The molecule has 0 bridgehead atoms. The highest BCUT2D eigenvalue weighted by Crippen LogP contribution is 2.25. The van der Waals surface area contributed by atoms with Crippen LogP contribution in [0.3, 0.4) is 0 Å². The second-order valence-electron chi connectivity index (χ2n) is 5.71. The first-order valence-corrected chi connectivity index (χ1v) is 7.78. The van der Waals surface area contributed by atoms with E-state index in [0.717, 1.165) is 22.2 Å². The minimum absolute atomic E-state index is 0.0123. The molecule has 4 nitrogen and oxygen atoms in total. The lowest BCUT2D eigenvalue weighted by atomic mass is 9.93. The number of rotatable bonds is 6. The molecule has 0 saturated heterocycles. The van der Waals surface area contributed by atoms with Gasteiger partial charge in [-0.3, -0.25) is 0 Å².